The number of nitrogens with zero attached hydrogens (tertiary/aromatic N) is 1. The minimum Gasteiger partial charge on any atom is -0.398 e. The van der Waals surface area contributed by atoms with Crippen molar-refractivity contribution >= 4 is 29.5 Å². The van der Waals surface area contributed by atoms with Gasteiger partial charge in [0.15, 0.2) is 0 Å². The Balaban J connectivity index is 1.99. The summed E-state index contributed by atoms with van der Waals surface area (Å²) in [7, 11) is 1.57. The van der Waals surface area contributed by atoms with Crippen LogP contribution < -0.4 is 16.4 Å². The van der Waals surface area contributed by atoms with Crippen molar-refractivity contribution in [2.75, 3.05) is 18.1 Å². The van der Waals surface area contributed by atoms with Crippen molar-refractivity contribution in [3.63, 3.8) is 0 Å². The lowest BCUT2D eigenvalue weighted by Gasteiger charge is -2.35. The molecule has 0 fully saturated rings. The Morgan fingerprint density at radius 2 is 1.96 bits per heavy atom. The van der Waals surface area contributed by atoms with Gasteiger partial charge in [-0.15, -0.1) is 0 Å². The number of hydrogen-bond acceptors (Lipinski definition) is 4. The molecule has 3 rings (SSSR count). The zero-order valence-electron chi connectivity index (χ0n) is 15.4. The average molecular weight is 381 g/mol. The van der Waals surface area contributed by atoms with Crippen LogP contribution in [0, 0.1) is 11.2 Å². The predicted octanol–water partition coefficient (Wildman–Crippen LogP) is 3.01. The first-order valence-corrected chi connectivity index (χ1v) is 8.53. The van der Waals surface area contributed by atoms with Gasteiger partial charge in [-0.25, -0.2) is 9.18 Å². The molecule has 0 aromatic heterocycles. The molecule has 1 unspecified atom stereocenters. The van der Waals surface area contributed by atoms with E-state index in [-0.39, 0.29) is 6.03 Å². The molecule has 1 heterocycles. The number of rotatable bonds is 4. The number of halogens is 1. The van der Waals surface area contributed by atoms with E-state index in [1.807, 2.05) is 0 Å². The van der Waals surface area contributed by atoms with Crippen molar-refractivity contribution in [2.24, 2.45) is 0 Å². The van der Waals surface area contributed by atoms with Crippen molar-refractivity contribution in [2.45, 2.75) is 13.0 Å². The van der Waals surface area contributed by atoms with E-state index in [1.165, 1.54) is 17.0 Å². The summed E-state index contributed by atoms with van der Waals surface area (Å²) in [5, 5.41) is 12.8. The number of urea groups is 1. The topological polar surface area (TPSA) is 111 Å². The van der Waals surface area contributed by atoms with Crippen molar-refractivity contribution in [1.82, 2.24) is 10.2 Å². The molecule has 0 spiro atoms. The van der Waals surface area contributed by atoms with Crippen LogP contribution >= 0.6 is 0 Å². The Hall–Kier alpha value is -3.68. The van der Waals surface area contributed by atoms with Crippen LogP contribution in [0.1, 0.15) is 24.1 Å². The van der Waals surface area contributed by atoms with E-state index < -0.39 is 17.8 Å². The third kappa shape index (κ3) is 3.57. The molecule has 2 aromatic rings. The third-order valence-electron chi connectivity index (χ3n) is 4.61. The molecule has 1 aliphatic heterocycles. The molecular formula is C20H20FN5O2. The number of anilines is 2. The summed E-state index contributed by atoms with van der Waals surface area (Å²) in [6.07, 6.45) is 1.10. The Morgan fingerprint density at radius 1 is 1.29 bits per heavy atom. The van der Waals surface area contributed by atoms with Crippen molar-refractivity contribution in [1.29, 1.82) is 5.41 Å². The van der Waals surface area contributed by atoms with E-state index in [9.17, 15) is 14.0 Å². The Labute approximate surface area is 161 Å². The fourth-order valence-electron chi connectivity index (χ4n) is 3.14. The number of carbonyl (C=O) groups is 2. The molecule has 0 aliphatic carbocycles. The van der Waals surface area contributed by atoms with Crippen LogP contribution in [-0.2, 0) is 4.79 Å². The fraction of sp³-hybridized carbons (Fsp3) is 0.150. The molecule has 0 saturated heterocycles. The number of nitrogen functional groups attached to an aromatic ring is 1. The molecule has 2 aromatic carbocycles. The quantitative estimate of drug-likeness (QED) is 0.482. The molecule has 1 atom stereocenters. The smallest absolute Gasteiger partial charge is 0.322 e. The molecule has 5 N–H and O–H groups in total. The number of hydrogen-bond donors (Lipinski definition) is 4. The van der Waals surface area contributed by atoms with E-state index in [0.29, 0.717) is 33.8 Å². The SMILES string of the molecule is CC1=C(C(=O)Nc2ccc(N)c(C=N)c2)C(c2ccc(F)cc2)N(C)C(=O)N1. The van der Waals surface area contributed by atoms with Gasteiger partial charge >= 0.3 is 6.03 Å². The lowest BCUT2D eigenvalue weighted by atomic mass is 9.93. The highest BCUT2D eigenvalue weighted by atomic mass is 19.1. The number of benzene rings is 2. The number of amides is 3. The standard InChI is InChI=1S/C20H20FN5O2/c1-11-17(19(27)25-15-7-8-16(23)13(9-15)10-22)18(26(2)20(28)24-11)12-3-5-14(21)6-4-12/h3-10,18,22H,23H2,1-2H3,(H,24,28)(H,25,27). The molecular weight excluding hydrogens is 361 g/mol. The van der Waals surface area contributed by atoms with Gasteiger partial charge in [0.1, 0.15) is 5.82 Å². The maximum atomic E-state index is 13.3. The van der Waals surface area contributed by atoms with Gasteiger partial charge < -0.3 is 26.7 Å². The molecule has 28 heavy (non-hydrogen) atoms. The van der Waals surface area contributed by atoms with Crippen LogP contribution in [0.4, 0.5) is 20.6 Å². The first kappa shape index (κ1) is 19.1. The maximum Gasteiger partial charge on any atom is 0.322 e. The summed E-state index contributed by atoms with van der Waals surface area (Å²) in [4.78, 5) is 26.7. The molecule has 1 aliphatic rings. The Bertz CT molecular complexity index is 985. The van der Waals surface area contributed by atoms with Gasteiger partial charge in [0.2, 0.25) is 0 Å². The average Bonchev–Trinajstić information content (AvgIpc) is 2.66. The number of nitrogens with one attached hydrogen (secondary N) is 3. The fourth-order valence-corrected chi connectivity index (χ4v) is 3.14. The molecule has 0 saturated carbocycles. The van der Waals surface area contributed by atoms with Crippen LogP contribution in [0.3, 0.4) is 0 Å². The minimum atomic E-state index is -0.676. The van der Waals surface area contributed by atoms with Gasteiger partial charge in [0, 0.05) is 35.9 Å². The first-order chi connectivity index (χ1) is 13.3. The summed E-state index contributed by atoms with van der Waals surface area (Å²) in [6.45, 7) is 1.64. The highest BCUT2D eigenvalue weighted by Gasteiger charge is 2.35. The Kier molecular flexibility index (Phi) is 5.12. The zero-order valence-corrected chi connectivity index (χ0v) is 15.4. The lowest BCUT2D eigenvalue weighted by Crippen LogP contribution is -2.47. The van der Waals surface area contributed by atoms with Crippen molar-refractivity contribution in [3.05, 3.63) is 70.7 Å². The lowest BCUT2D eigenvalue weighted by molar-refractivity contribution is -0.113. The molecule has 144 valence electrons. The largest absolute Gasteiger partial charge is 0.398 e. The van der Waals surface area contributed by atoms with Gasteiger partial charge in [0.25, 0.3) is 5.91 Å². The monoisotopic (exact) mass is 381 g/mol. The molecule has 7 nitrogen and oxygen atoms in total. The van der Waals surface area contributed by atoms with Crippen LogP contribution in [0.5, 0.6) is 0 Å². The molecule has 8 heteroatoms. The first-order valence-electron chi connectivity index (χ1n) is 8.53. The normalized spacial score (nSPS) is 16.6. The van der Waals surface area contributed by atoms with Gasteiger partial charge in [-0.1, -0.05) is 12.1 Å². The van der Waals surface area contributed by atoms with Crippen molar-refractivity contribution in [3.8, 4) is 0 Å². The summed E-state index contributed by atoms with van der Waals surface area (Å²) in [5.74, 6) is -0.821. The maximum absolute atomic E-state index is 13.3. The highest BCUT2D eigenvalue weighted by Crippen LogP contribution is 2.33. The van der Waals surface area contributed by atoms with E-state index in [2.05, 4.69) is 10.6 Å². The van der Waals surface area contributed by atoms with E-state index >= 15 is 0 Å². The summed E-state index contributed by atoms with van der Waals surface area (Å²) in [5.41, 5.74) is 8.52. The summed E-state index contributed by atoms with van der Waals surface area (Å²) >= 11 is 0. The summed E-state index contributed by atoms with van der Waals surface area (Å²) in [6, 6.07) is 9.46. The van der Waals surface area contributed by atoms with Crippen LogP contribution in [0.2, 0.25) is 0 Å². The van der Waals surface area contributed by atoms with Gasteiger partial charge in [-0.05, 0) is 42.8 Å². The van der Waals surface area contributed by atoms with E-state index in [1.54, 1.807) is 44.3 Å². The van der Waals surface area contributed by atoms with Gasteiger partial charge in [-0.3, -0.25) is 4.79 Å². The third-order valence-corrected chi connectivity index (χ3v) is 4.61. The molecule has 0 bridgehead atoms. The summed E-state index contributed by atoms with van der Waals surface area (Å²) < 4.78 is 13.3. The van der Waals surface area contributed by atoms with Crippen LogP contribution in [0.15, 0.2) is 53.7 Å². The Morgan fingerprint density at radius 3 is 2.61 bits per heavy atom. The van der Waals surface area contributed by atoms with Crippen LogP contribution in [0.25, 0.3) is 0 Å². The van der Waals surface area contributed by atoms with Crippen molar-refractivity contribution < 1.29 is 14.0 Å². The number of nitrogens with two attached hydrogens (primary N) is 1. The number of carbonyl (C=O) groups excluding carboxylic acids is 2. The number of allylic oxidation sites excluding steroid dienone is 1. The molecule has 3 amide bonds. The zero-order chi connectivity index (χ0) is 20.4. The minimum absolute atomic E-state index is 0.335. The van der Waals surface area contributed by atoms with Crippen LogP contribution in [-0.4, -0.2) is 30.1 Å². The highest BCUT2D eigenvalue weighted by molar-refractivity contribution is 6.07. The second-order valence-electron chi connectivity index (χ2n) is 6.48. The second-order valence-corrected chi connectivity index (χ2v) is 6.48. The van der Waals surface area contributed by atoms with E-state index in [4.69, 9.17) is 11.1 Å². The second kappa shape index (κ2) is 7.51. The van der Waals surface area contributed by atoms with E-state index in [0.717, 1.165) is 6.21 Å². The van der Waals surface area contributed by atoms with Gasteiger partial charge in [-0.2, -0.15) is 0 Å². The predicted molar refractivity (Wildman–Crippen MR) is 106 cm³/mol. The number of likely N-dealkylation sites (N-methyl/N-ethyl adjacent to an activating group) is 1. The van der Waals surface area contributed by atoms with Gasteiger partial charge in [0.05, 0.1) is 11.6 Å². The molecule has 0 radical (unpaired) electrons.